The van der Waals surface area contributed by atoms with Crippen LogP contribution in [0.3, 0.4) is 0 Å². The molecule has 1 aromatic carbocycles. The summed E-state index contributed by atoms with van der Waals surface area (Å²) in [4.78, 5) is 27.9. The Kier molecular flexibility index (Phi) is 5.18. The highest BCUT2D eigenvalue weighted by Crippen LogP contribution is 2.36. The van der Waals surface area contributed by atoms with Crippen molar-refractivity contribution in [3.05, 3.63) is 41.7 Å². The summed E-state index contributed by atoms with van der Waals surface area (Å²) in [5.74, 6) is -0.344. The molecule has 2 aliphatic rings. The van der Waals surface area contributed by atoms with Crippen molar-refractivity contribution in [3.8, 4) is 11.3 Å². The molecule has 26 heavy (non-hydrogen) atoms. The van der Waals surface area contributed by atoms with E-state index in [-0.39, 0.29) is 19.2 Å². The third-order valence-electron chi connectivity index (χ3n) is 3.96. The van der Waals surface area contributed by atoms with Crippen molar-refractivity contribution < 1.29 is 23.8 Å². The number of benzene rings is 1. The summed E-state index contributed by atoms with van der Waals surface area (Å²) in [5.41, 5.74) is 3.95. The Bertz CT molecular complexity index is 931. The number of pyridine rings is 1. The smallest absolute Gasteiger partial charge is 0.418 e. The number of aromatic nitrogens is 2. The van der Waals surface area contributed by atoms with Gasteiger partial charge in [0.2, 0.25) is 0 Å². The number of fused-ring (bicyclic) bond motifs is 3. The Morgan fingerprint density at radius 1 is 1.12 bits per heavy atom. The number of carbonyl (C=O) groups is 2. The third kappa shape index (κ3) is 3.39. The standard InChI is InChI=1S/C19H20N2O5/c1-4-25-19(23)21-8-14(10-24-3)18-16(9-21)20-15-7-5-6-13(17(15)18)11-26-12(2)22/h5-9H,4,10-11H2,1-3H3. The first kappa shape index (κ1) is 17.9. The lowest BCUT2D eigenvalue weighted by atomic mass is 10.0. The van der Waals surface area contributed by atoms with E-state index in [0.29, 0.717) is 12.3 Å². The van der Waals surface area contributed by atoms with Gasteiger partial charge in [0, 0.05) is 42.9 Å². The van der Waals surface area contributed by atoms with Gasteiger partial charge in [-0.25, -0.2) is 9.78 Å². The third-order valence-corrected chi connectivity index (χ3v) is 3.96. The number of hydrogen-bond donors (Lipinski definition) is 0. The van der Waals surface area contributed by atoms with E-state index in [2.05, 4.69) is 4.98 Å². The molecule has 0 atom stereocenters. The first-order valence-electron chi connectivity index (χ1n) is 8.26. The van der Waals surface area contributed by atoms with Crippen molar-refractivity contribution in [3.63, 3.8) is 0 Å². The molecule has 2 heterocycles. The fourth-order valence-electron chi connectivity index (χ4n) is 2.97. The zero-order valence-electron chi connectivity index (χ0n) is 14.9. The molecule has 0 radical (unpaired) electrons. The zero-order valence-corrected chi connectivity index (χ0v) is 14.9. The molecule has 0 unspecified atom stereocenters. The van der Waals surface area contributed by atoms with E-state index >= 15 is 0 Å². The topological polar surface area (TPSA) is 79.7 Å². The summed E-state index contributed by atoms with van der Waals surface area (Å²) in [6.45, 7) is 3.88. The van der Waals surface area contributed by atoms with Gasteiger partial charge < -0.3 is 14.2 Å². The van der Waals surface area contributed by atoms with Crippen molar-refractivity contribution in [1.82, 2.24) is 9.55 Å². The van der Waals surface area contributed by atoms with E-state index in [1.807, 2.05) is 18.2 Å². The van der Waals surface area contributed by atoms with Gasteiger partial charge in [0.1, 0.15) is 6.61 Å². The van der Waals surface area contributed by atoms with Gasteiger partial charge in [-0.05, 0) is 18.6 Å². The molecular formula is C19H20N2O5. The Morgan fingerprint density at radius 3 is 2.62 bits per heavy atom. The molecule has 0 saturated carbocycles. The van der Waals surface area contributed by atoms with E-state index in [1.165, 1.54) is 11.5 Å². The predicted octanol–water partition coefficient (Wildman–Crippen LogP) is 3.36. The van der Waals surface area contributed by atoms with Crippen LogP contribution in [0.1, 0.15) is 25.0 Å². The first-order valence-corrected chi connectivity index (χ1v) is 8.26. The summed E-state index contributed by atoms with van der Waals surface area (Å²) < 4.78 is 16.9. The number of hydrogen-bond acceptors (Lipinski definition) is 6. The highest BCUT2D eigenvalue weighted by Gasteiger charge is 2.21. The molecule has 0 bridgehead atoms. The molecule has 136 valence electrons. The second-order valence-corrected chi connectivity index (χ2v) is 5.79. The minimum atomic E-state index is -0.473. The van der Waals surface area contributed by atoms with E-state index in [1.54, 1.807) is 26.4 Å². The first-order chi connectivity index (χ1) is 12.5. The largest absolute Gasteiger partial charge is 0.461 e. The number of methoxy groups -OCH3 is 1. The van der Waals surface area contributed by atoms with Crippen LogP contribution in [0.15, 0.2) is 30.6 Å². The van der Waals surface area contributed by atoms with Crippen LogP contribution >= 0.6 is 0 Å². The summed E-state index contributed by atoms with van der Waals surface area (Å²) in [7, 11) is 1.59. The van der Waals surface area contributed by atoms with E-state index in [0.717, 1.165) is 27.6 Å². The average Bonchev–Trinajstić information content (AvgIpc) is 2.99. The second-order valence-electron chi connectivity index (χ2n) is 5.79. The maximum Gasteiger partial charge on any atom is 0.418 e. The average molecular weight is 356 g/mol. The zero-order chi connectivity index (χ0) is 18.7. The van der Waals surface area contributed by atoms with Crippen LogP contribution in [0.25, 0.3) is 22.2 Å². The van der Waals surface area contributed by atoms with E-state index in [9.17, 15) is 9.59 Å². The minimum Gasteiger partial charge on any atom is -0.461 e. The summed E-state index contributed by atoms with van der Waals surface area (Å²) in [5, 5.41) is 0.895. The predicted molar refractivity (Wildman–Crippen MR) is 95.0 cm³/mol. The quantitative estimate of drug-likeness (QED) is 0.652. The SMILES string of the molecule is CCOC(=O)n1cc2nc3cccc(COC(C)=O)c3c-2c(COC)c1. The molecular weight excluding hydrogens is 336 g/mol. The van der Waals surface area contributed by atoms with Crippen LogP contribution in [0.2, 0.25) is 0 Å². The summed E-state index contributed by atoms with van der Waals surface area (Å²) in [6.07, 6.45) is 2.86. The van der Waals surface area contributed by atoms with Gasteiger partial charge >= 0.3 is 12.1 Å². The van der Waals surface area contributed by atoms with Crippen LogP contribution in [-0.2, 0) is 32.2 Å². The van der Waals surface area contributed by atoms with Crippen molar-refractivity contribution in [1.29, 1.82) is 0 Å². The fourth-order valence-corrected chi connectivity index (χ4v) is 2.97. The van der Waals surface area contributed by atoms with E-state index < -0.39 is 6.09 Å². The molecule has 0 amide bonds. The monoisotopic (exact) mass is 356 g/mol. The molecule has 0 spiro atoms. The number of rotatable bonds is 5. The Balaban J connectivity index is 2.20. The van der Waals surface area contributed by atoms with Gasteiger partial charge in [-0.15, -0.1) is 0 Å². The minimum absolute atomic E-state index is 0.159. The Labute approximate surface area is 150 Å². The van der Waals surface area contributed by atoms with Crippen molar-refractivity contribution in [2.75, 3.05) is 13.7 Å². The lowest BCUT2D eigenvalue weighted by Crippen LogP contribution is -2.15. The lowest BCUT2D eigenvalue weighted by molar-refractivity contribution is -0.142. The van der Waals surface area contributed by atoms with Crippen LogP contribution in [0.4, 0.5) is 4.79 Å². The Hall–Kier alpha value is -2.93. The second kappa shape index (κ2) is 7.53. The van der Waals surface area contributed by atoms with Gasteiger partial charge in [0.05, 0.1) is 24.4 Å². The van der Waals surface area contributed by atoms with Crippen LogP contribution in [0.5, 0.6) is 0 Å². The summed E-state index contributed by atoms with van der Waals surface area (Å²) in [6, 6.07) is 5.65. The molecule has 0 fully saturated rings. The van der Waals surface area contributed by atoms with Crippen LogP contribution in [-0.4, -0.2) is 35.3 Å². The van der Waals surface area contributed by atoms with Gasteiger partial charge in [-0.1, -0.05) is 12.1 Å². The molecule has 0 saturated heterocycles. The number of esters is 1. The molecule has 0 N–H and O–H groups in total. The van der Waals surface area contributed by atoms with Crippen molar-refractivity contribution in [2.45, 2.75) is 27.1 Å². The van der Waals surface area contributed by atoms with Crippen LogP contribution < -0.4 is 0 Å². The molecule has 3 rings (SSSR count). The van der Waals surface area contributed by atoms with Gasteiger partial charge in [-0.3, -0.25) is 9.36 Å². The fraction of sp³-hybridized carbons (Fsp3) is 0.316. The number of nitrogens with zero attached hydrogens (tertiary/aromatic N) is 2. The van der Waals surface area contributed by atoms with Gasteiger partial charge in [0.25, 0.3) is 0 Å². The highest BCUT2D eigenvalue weighted by atomic mass is 16.5. The highest BCUT2D eigenvalue weighted by molar-refractivity contribution is 6.01. The van der Waals surface area contributed by atoms with E-state index in [4.69, 9.17) is 14.2 Å². The lowest BCUT2D eigenvalue weighted by Gasteiger charge is -2.13. The number of carbonyl (C=O) groups excluding carboxylic acids is 2. The summed E-state index contributed by atoms with van der Waals surface area (Å²) >= 11 is 0. The molecule has 7 heteroatoms. The van der Waals surface area contributed by atoms with Gasteiger partial charge in [0.15, 0.2) is 0 Å². The molecule has 2 aliphatic heterocycles. The molecule has 7 nitrogen and oxygen atoms in total. The maximum absolute atomic E-state index is 12.1. The molecule has 0 aliphatic carbocycles. The molecule has 1 aromatic rings. The molecule has 0 aromatic heterocycles. The van der Waals surface area contributed by atoms with Crippen molar-refractivity contribution >= 4 is 23.0 Å². The van der Waals surface area contributed by atoms with Crippen LogP contribution in [0, 0.1) is 0 Å². The van der Waals surface area contributed by atoms with Crippen molar-refractivity contribution in [2.24, 2.45) is 0 Å². The van der Waals surface area contributed by atoms with Gasteiger partial charge in [-0.2, -0.15) is 0 Å². The Morgan fingerprint density at radius 2 is 1.92 bits per heavy atom. The normalized spacial score (nSPS) is 11.0. The maximum atomic E-state index is 12.1. The number of ether oxygens (including phenoxy) is 3.